The van der Waals surface area contributed by atoms with Gasteiger partial charge in [0.05, 0.1) is 19.3 Å². The van der Waals surface area contributed by atoms with Crippen molar-refractivity contribution in [3.05, 3.63) is 93.5 Å². The number of nitrogens with two attached hydrogens (primary N) is 2. The van der Waals surface area contributed by atoms with E-state index in [0.717, 1.165) is 0 Å². The summed E-state index contributed by atoms with van der Waals surface area (Å²) in [5.74, 6) is 4.95. The molecule has 0 saturated heterocycles. The van der Waals surface area contributed by atoms with Gasteiger partial charge in [-0.2, -0.15) is 0 Å². The number of benzene rings is 3. The molecule has 1 amide bonds. The minimum absolute atomic E-state index is 0.110. The normalized spacial score (nSPS) is 17.6. The molecule has 1 aliphatic rings. The van der Waals surface area contributed by atoms with E-state index in [1.807, 2.05) is 19.1 Å². The molecule has 208 valence electrons. The van der Waals surface area contributed by atoms with Gasteiger partial charge in [0, 0.05) is 47.2 Å². The summed E-state index contributed by atoms with van der Waals surface area (Å²) in [6.45, 7) is 4.81. The molecule has 3 aromatic rings. The number of fused-ring (bicyclic) bond motifs is 1. The summed E-state index contributed by atoms with van der Waals surface area (Å²) in [6.07, 6.45) is 0.401. The lowest BCUT2D eigenvalue weighted by molar-refractivity contribution is -0.126. The number of carbonyl (C=O) groups is 2. The van der Waals surface area contributed by atoms with E-state index in [1.54, 1.807) is 67.5 Å². The van der Waals surface area contributed by atoms with Crippen LogP contribution in [-0.4, -0.2) is 43.5 Å². The topological polar surface area (TPSA) is 108 Å². The lowest BCUT2D eigenvalue weighted by Crippen LogP contribution is -2.40. The maximum absolute atomic E-state index is 14.6. The molecule has 0 radical (unpaired) electrons. The number of hydrogen-bond donors (Lipinski definition) is 2. The van der Waals surface area contributed by atoms with Gasteiger partial charge in [-0.1, -0.05) is 41.8 Å². The second kappa shape index (κ2) is 13.0. The summed E-state index contributed by atoms with van der Waals surface area (Å²) in [6, 6.07) is 16.3. The molecule has 0 aliphatic carbocycles. The second-order valence-corrected chi connectivity index (χ2v) is 10.2. The van der Waals surface area contributed by atoms with Crippen molar-refractivity contribution >= 4 is 34.7 Å². The fraction of sp³-hybridized carbons (Fsp3) is 0.312. The average Bonchev–Trinajstić information content (AvgIpc) is 3.02. The highest BCUT2D eigenvalue weighted by Crippen LogP contribution is 2.43. The van der Waals surface area contributed by atoms with Crippen LogP contribution in [-0.2, 0) is 14.3 Å². The summed E-state index contributed by atoms with van der Waals surface area (Å²) in [4.78, 5) is 30.7. The molecule has 1 heterocycles. The van der Waals surface area contributed by atoms with Crippen LogP contribution in [0.4, 0.5) is 11.4 Å². The van der Waals surface area contributed by atoms with Crippen molar-refractivity contribution in [1.29, 1.82) is 0 Å². The molecule has 4 rings (SSSR count). The zero-order valence-corrected chi connectivity index (χ0v) is 23.7. The Morgan fingerprint density at radius 1 is 1.00 bits per heavy atom. The Labute approximate surface area is 240 Å². The molecule has 3 atom stereocenters. The number of nitrogens with zero attached hydrogens (tertiary/aromatic N) is 1. The van der Waals surface area contributed by atoms with Gasteiger partial charge in [0.25, 0.3) is 5.91 Å². The molecule has 40 heavy (non-hydrogen) atoms. The predicted molar refractivity (Wildman–Crippen MR) is 158 cm³/mol. The SMILES string of the molecule is CC#Cc1ccc2c(c1)C(=O)N([C@H](C)c1ccc(Cl)cc1N)[C@@H](c1ccc(N)cc1)C(=O)C2CCOCCOC. The number of methoxy groups -OCH3 is 1. The van der Waals surface area contributed by atoms with Crippen LogP contribution in [0.3, 0.4) is 0 Å². The van der Waals surface area contributed by atoms with E-state index in [1.165, 1.54) is 0 Å². The third-order valence-corrected chi connectivity index (χ3v) is 7.44. The number of hydrogen-bond acceptors (Lipinski definition) is 6. The summed E-state index contributed by atoms with van der Waals surface area (Å²) in [5.41, 5.74) is 16.5. The van der Waals surface area contributed by atoms with Crippen LogP contribution in [0.25, 0.3) is 0 Å². The molecule has 0 bridgehead atoms. The predicted octanol–water partition coefficient (Wildman–Crippen LogP) is 5.54. The highest BCUT2D eigenvalue weighted by molar-refractivity contribution is 6.30. The smallest absolute Gasteiger partial charge is 0.255 e. The highest BCUT2D eigenvalue weighted by atomic mass is 35.5. The van der Waals surface area contributed by atoms with E-state index < -0.39 is 18.0 Å². The van der Waals surface area contributed by atoms with Gasteiger partial charge >= 0.3 is 0 Å². The molecular formula is C32H34ClN3O4. The zero-order chi connectivity index (χ0) is 28.8. The minimum atomic E-state index is -0.893. The Morgan fingerprint density at radius 3 is 2.42 bits per heavy atom. The van der Waals surface area contributed by atoms with E-state index in [0.29, 0.717) is 70.5 Å². The van der Waals surface area contributed by atoms with Gasteiger partial charge in [0.15, 0.2) is 5.78 Å². The molecule has 4 N–H and O–H groups in total. The molecule has 0 saturated carbocycles. The molecule has 1 unspecified atom stereocenters. The third kappa shape index (κ3) is 6.15. The van der Waals surface area contributed by atoms with Gasteiger partial charge in [-0.15, -0.1) is 5.92 Å². The molecule has 0 fully saturated rings. The van der Waals surface area contributed by atoms with Crippen LogP contribution < -0.4 is 11.5 Å². The number of anilines is 2. The van der Waals surface area contributed by atoms with Crippen molar-refractivity contribution in [2.45, 2.75) is 38.3 Å². The number of amides is 1. The number of rotatable bonds is 9. The lowest BCUT2D eigenvalue weighted by atomic mass is 9.84. The molecule has 3 aromatic carbocycles. The van der Waals surface area contributed by atoms with E-state index in [4.69, 9.17) is 32.5 Å². The van der Waals surface area contributed by atoms with E-state index >= 15 is 0 Å². The van der Waals surface area contributed by atoms with Gasteiger partial charge in [-0.3, -0.25) is 9.59 Å². The zero-order valence-electron chi connectivity index (χ0n) is 22.9. The number of nitrogen functional groups attached to an aromatic ring is 2. The monoisotopic (exact) mass is 559 g/mol. The Bertz CT molecular complexity index is 1440. The summed E-state index contributed by atoms with van der Waals surface area (Å²) in [7, 11) is 1.61. The Morgan fingerprint density at radius 2 is 1.75 bits per heavy atom. The first-order valence-corrected chi connectivity index (χ1v) is 13.5. The molecule has 7 nitrogen and oxygen atoms in total. The van der Waals surface area contributed by atoms with Crippen LogP contribution in [0.1, 0.15) is 70.9 Å². The molecule has 0 spiro atoms. The van der Waals surface area contributed by atoms with E-state index in [-0.39, 0.29) is 11.7 Å². The molecule has 1 aliphatic heterocycles. The standard InChI is InChI=1S/C32H34ClN3O4/c1-4-5-21-6-12-26-27(14-15-40-17-16-39-3)31(37)30(22-7-10-24(34)11-8-22)36(32(38)28(26)18-21)20(2)25-13-9-23(33)19-29(25)35/h6-13,18-20,27,30H,14-17,34-35H2,1-3H3/t20-,27?,30+/m1/s1. The Balaban J connectivity index is 1.89. The van der Waals surface area contributed by atoms with E-state index in [9.17, 15) is 9.59 Å². The fourth-order valence-corrected chi connectivity index (χ4v) is 5.41. The van der Waals surface area contributed by atoms with Crippen molar-refractivity contribution < 1.29 is 19.1 Å². The van der Waals surface area contributed by atoms with Crippen LogP contribution in [0.15, 0.2) is 60.7 Å². The molecule has 0 aromatic heterocycles. The summed E-state index contributed by atoms with van der Waals surface area (Å²) < 4.78 is 10.8. The average molecular weight is 560 g/mol. The number of halogens is 1. The van der Waals surface area contributed by atoms with Crippen molar-refractivity contribution in [3.8, 4) is 11.8 Å². The molecular weight excluding hydrogens is 526 g/mol. The Hall–Kier alpha value is -3.83. The van der Waals surface area contributed by atoms with Gasteiger partial charge in [0.1, 0.15) is 6.04 Å². The van der Waals surface area contributed by atoms with Crippen LogP contribution in [0, 0.1) is 11.8 Å². The van der Waals surface area contributed by atoms with Crippen molar-refractivity contribution in [2.75, 3.05) is 38.4 Å². The number of carbonyl (C=O) groups excluding carboxylic acids is 2. The highest BCUT2D eigenvalue weighted by Gasteiger charge is 2.44. The first kappa shape index (κ1) is 29.2. The van der Waals surface area contributed by atoms with Crippen LogP contribution >= 0.6 is 11.6 Å². The van der Waals surface area contributed by atoms with Gasteiger partial charge < -0.3 is 25.8 Å². The Kier molecular flexibility index (Phi) is 9.49. The van der Waals surface area contributed by atoms with Crippen molar-refractivity contribution in [3.63, 3.8) is 0 Å². The van der Waals surface area contributed by atoms with Gasteiger partial charge in [-0.25, -0.2) is 0 Å². The van der Waals surface area contributed by atoms with Crippen LogP contribution in [0.5, 0.6) is 0 Å². The lowest BCUT2D eigenvalue weighted by Gasteiger charge is -2.36. The van der Waals surface area contributed by atoms with Crippen molar-refractivity contribution in [2.24, 2.45) is 0 Å². The third-order valence-electron chi connectivity index (χ3n) is 7.21. The van der Waals surface area contributed by atoms with Crippen molar-refractivity contribution in [1.82, 2.24) is 4.90 Å². The fourth-order valence-electron chi connectivity index (χ4n) is 5.23. The first-order chi connectivity index (χ1) is 19.3. The minimum Gasteiger partial charge on any atom is -0.399 e. The number of ketones is 1. The summed E-state index contributed by atoms with van der Waals surface area (Å²) >= 11 is 6.18. The maximum Gasteiger partial charge on any atom is 0.255 e. The molecule has 8 heteroatoms. The number of Topliss-reactive ketones (excluding diaryl/α,β-unsaturated/α-hetero) is 1. The quantitative estimate of drug-likeness (QED) is 0.202. The first-order valence-electron chi connectivity index (χ1n) is 13.2. The van der Waals surface area contributed by atoms with E-state index in [2.05, 4.69) is 11.8 Å². The number of ether oxygens (including phenoxy) is 2. The summed E-state index contributed by atoms with van der Waals surface area (Å²) in [5, 5.41) is 0.489. The largest absolute Gasteiger partial charge is 0.399 e. The second-order valence-electron chi connectivity index (χ2n) is 9.76. The maximum atomic E-state index is 14.6. The van der Waals surface area contributed by atoms with Crippen LogP contribution in [0.2, 0.25) is 5.02 Å². The van der Waals surface area contributed by atoms with Gasteiger partial charge in [0.2, 0.25) is 0 Å². The van der Waals surface area contributed by atoms with Gasteiger partial charge in [-0.05, 0) is 73.4 Å².